The van der Waals surface area contributed by atoms with Crippen molar-refractivity contribution in [1.29, 1.82) is 0 Å². The van der Waals surface area contributed by atoms with E-state index in [9.17, 15) is 4.39 Å². The van der Waals surface area contributed by atoms with Gasteiger partial charge in [-0.3, -0.25) is 4.68 Å². The van der Waals surface area contributed by atoms with E-state index in [4.69, 9.17) is 5.73 Å². The van der Waals surface area contributed by atoms with Crippen molar-refractivity contribution in [2.24, 2.45) is 5.73 Å². The molecule has 0 spiro atoms. The Morgan fingerprint density at radius 1 is 1.47 bits per heavy atom. The van der Waals surface area contributed by atoms with E-state index in [0.717, 1.165) is 19.4 Å². The lowest BCUT2D eigenvalue weighted by atomic mass is 9.96. The predicted octanol–water partition coefficient (Wildman–Crippen LogP) is 2.22. The molecule has 0 saturated heterocycles. The number of hydrogen-bond acceptors (Lipinski definition) is 2. The van der Waals surface area contributed by atoms with Crippen LogP contribution in [0.3, 0.4) is 0 Å². The number of halogens is 1. The third-order valence-electron chi connectivity index (χ3n) is 2.58. The predicted molar refractivity (Wildman–Crippen MR) is 59.3 cm³/mol. The molecule has 0 radical (unpaired) electrons. The van der Waals surface area contributed by atoms with Crippen LogP contribution in [-0.4, -0.2) is 16.3 Å². The lowest BCUT2D eigenvalue weighted by Gasteiger charge is -2.24. The van der Waals surface area contributed by atoms with Crippen molar-refractivity contribution in [2.45, 2.75) is 45.3 Å². The summed E-state index contributed by atoms with van der Waals surface area (Å²) in [6.45, 7) is 4.78. The Kier molecular flexibility index (Phi) is 4.27. The van der Waals surface area contributed by atoms with Crippen molar-refractivity contribution in [2.75, 3.05) is 6.54 Å². The highest BCUT2D eigenvalue weighted by Gasteiger charge is 2.32. The van der Waals surface area contributed by atoms with Crippen LogP contribution in [0.5, 0.6) is 0 Å². The van der Waals surface area contributed by atoms with Gasteiger partial charge in [0.15, 0.2) is 5.67 Å². The van der Waals surface area contributed by atoms with Crippen LogP contribution in [-0.2, 0) is 12.2 Å². The monoisotopic (exact) mass is 213 g/mol. The molecule has 1 unspecified atom stereocenters. The molecule has 86 valence electrons. The normalized spacial score (nSPS) is 15.2. The summed E-state index contributed by atoms with van der Waals surface area (Å²) < 4.78 is 16.2. The summed E-state index contributed by atoms with van der Waals surface area (Å²) in [5, 5.41) is 4.12. The van der Waals surface area contributed by atoms with Crippen LogP contribution in [0, 0.1) is 0 Å². The third-order valence-corrected chi connectivity index (χ3v) is 2.58. The summed E-state index contributed by atoms with van der Waals surface area (Å²) in [5.41, 5.74) is 4.74. The average Bonchev–Trinajstić information content (AvgIpc) is 2.67. The molecule has 1 atom stereocenters. The molecule has 1 rings (SSSR count). The highest BCUT2D eigenvalue weighted by Crippen LogP contribution is 2.29. The SMILES string of the molecule is CCCn1nccc1C(F)(CN)CCC. The maximum Gasteiger partial charge on any atom is 0.164 e. The Balaban J connectivity index is 2.95. The van der Waals surface area contributed by atoms with Crippen molar-refractivity contribution in [1.82, 2.24) is 9.78 Å². The number of rotatable bonds is 6. The fourth-order valence-electron chi connectivity index (χ4n) is 1.83. The van der Waals surface area contributed by atoms with Gasteiger partial charge >= 0.3 is 0 Å². The highest BCUT2D eigenvalue weighted by atomic mass is 19.1. The van der Waals surface area contributed by atoms with Gasteiger partial charge in [0.25, 0.3) is 0 Å². The zero-order valence-corrected chi connectivity index (χ0v) is 9.54. The number of nitrogens with zero attached hydrogens (tertiary/aromatic N) is 2. The van der Waals surface area contributed by atoms with Crippen LogP contribution in [0.4, 0.5) is 4.39 Å². The van der Waals surface area contributed by atoms with Gasteiger partial charge in [-0.05, 0) is 18.9 Å². The molecule has 2 N–H and O–H groups in total. The van der Waals surface area contributed by atoms with Gasteiger partial charge in [0.2, 0.25) is 0 Å². The molecule has 0 aromatic carbocycles. The van der Waals surface area contributed by atoms with Gasteiger partial charge < -0.3 is 5.73 Å². The van der Waals surface area contributed by atoms with E-state index in [-0.39, 0.29) is 6.54 Å². The smallest absolute Gasteiger partial charge is 0.164 e. The minimum atomic E-state index is -1.42. The molecule has 0 aliphatic heterocycles. The Bertz CT molecular complexity index is 298. The number of nitrogens with two attached hydrogens (primary N) is 1. The molecule has 15 heavy (non-hydrogen) atoms. The first-order valence-corrected chi connectivity index (χ1v) is 5.59. The minimum absolute atomic E-state index is 0.0241. The summed E-state index contributed by atoms with van der Waals surface area (Å²) in [4.78, 5) is 0. The lowest BCUT2D eigenvalue weighted by molar-refractivity contribution is 0.145. The molecule has 3 nitrogen and oxygen atoms in total. The Labute approximate surface area is 90.5 Å². The van der Waals surface area contributed by atoms with Crippen molar-refractivity contribution < 1.29 is 4.39 Å². The van der Waals surface area contributed by atoms with E-state index in [1.807, 2.05) is 13.8 Å². The van der Waals surface area contributed by atoms with Gasteiger partial charge in [-0.2, -0.15) is 5.10 Å². The van der Waals surface area contributed by atoms with Crippen LogP contribution in [0.1, 0.15) is 38.8 Å². The minimum Gasteiger partial charge on any atom is -0.327 e. The zero-order chi connectivity index (χ0) is 11.3. The maximum absolute atomic E-state index is 14.5. The number of aryl methyl sites for hydroxylation is 1. The molecule has 0 saturated carbocycles. The molecule has 1 aromatic heterocycles. The van der Waals surface area contributed by atoms with Crippen LogP contribution < -0.4 is 5.73 Å². The Morgan fingerprint density at radius 3 is 2.73 bits per heavy atom. The second-order valence-corrected chi connectivity index (χ2v) is 3.86. The second-order valence-electron chi connectivity index (χ2n) is 3.86. The summed E-state index contributed by atoms with van der Waals surface area (Å²) in [6.07, 6.45) is 3.83. The summed E-state index contributed by atoms with van der Waals surface area (Å²) in [7, 11) is 0. The van der Waals surface area contributed by atoms with E-state index in [1.165, 1.54) is 0 Å². The van der Waals surface area contributed by atoms with Gasteiger partial charge in [0.05, 0.1) is 5.69 Å². The summed E-state index contributed by atoms with van der Waals surface area (Å²) >= 11 is 0. The van der Waals surface area contributed by atoms with Crippen LogP contribution in [0.15, 0.2) is 12.3 Å². The Hall–Kier alpha value is -0.900. The molecule has 4 heteroatoms. The van der Waals surface area contributed by atoms with Gasteiger partial charge in [-0.1, -0.05) is 20.3 Å². The second kappa shape index (κ2) is 5.26. The molecular formula is C11H20FN3. The van der Waals surface area contributed by atoms with E-state index in [0.29, 0.717) is 12.1 Å². The average molecular weight is 213 g/mol. The maximum atomic E-state index is 14.5. The van der Waals surface area contributed by atoms with Gasteiger partial charge in [-0.25, -0.2) is 4.39 Å². The first kappa shape index (κ1) is 12.2. The quantitative estimate of drug-likeness (QED) is 0.787. The Morgan fingerprint density at radius 2 is 2.20 bits per heavy atom. The standard InChI is InChI=1S/C11H20FN3/c1-3-6-11(12,9-13)10-5-7-14-15(10)8-4-2/h5,7H,3-4,6,8-9,13H2,1-2H3. The van der Waals surface area contributed by atoms with Crippen LogP contribution >= 0.6 is 0 Å². The lowest BCUT2D eigenvalue weighted by Crippen LogP contribution is -2.33. The first-order valence-electron chi connectivity index (χ1n) is 5.59. The molecule has 0 amide bonds. The largest absolute Gasteiger partial charge is 0.327 e. The fraction of sp³-hybridized carbons (Fsp3) is 0.727. The molecule has 0 bridgehead atoms. The van der Waals surface area contributed by atoms with Crippen molar-refractivity contribution in [3.05, 3.63) is 18.0 Å². The van der Waals surface area contributed by atoms with Crippen molar-refractivity contribution in [3.63, 3.8) is 0 Å². The van der Waals surface area contributed by atoms with Crippen molar-refractivity contribution >= 4 is 0 Å². The van der Waals surface area contributed by atoms with Crippen LogP contribution in [0.2, 0.25) is 0 Å². The number of aromatic nitrogens is 2. The molecule has 0 aliphatic carbocycles. The van der Waals surface area contributed by atoms with E-state index in [2.05, 4.69) is 5.10 Å². The summed E-state index contributed by atoms with van der Waals surface area (Å²) in [6, 6.07) is 1.73. The van der Waals surface area contributed by atoms with Crippen LogP contribution in [0.25, 0.3) is 0 Å². The molecular weight excluding hydrogens is 193 g/mol. The fourth-order valence-corrected chi connectivity index (χ4v) is 1.83. The number of alkyl halides is 1. The molecule has 1 heterocycles. The molecule has 0 aliphatic rings. The van der Waals surface area contributed by atoms with E-state index in [1.54, 1.807) is 16.9 Å². The highest BCUT2D eigenvalue weighted by molar-refractivity contribution is 5.12. The van der Waals surface area contributed by atoms with Gasteiger partial charge in [0.1, 0.15) is 0 Å². The number of hydrogen-bond donors (Lipinski definition) is 1. The summed E-state index contributed by atoms with van der Waals surface area (Å²) in [5.74, 6) is 0. The van der Waals surface area contributed by atoms with E-state index >= 15 is 0 Å². The molecule has 0 fully saturated rings. The first-order chi connectivity index (χ1) is 7.18. The zero-order valence-electron chi connectivity index (χ0n) is 9.54. The topological polar surface area (TPSA) is 43.8 Å². The van der Waals surface area contributed by atoms with E-state index < -0.39 is 5.67 Å². The van der Waals surface area contributed by atoms with Crippen molar-refractivity contribution in [3.8, 4) is 0 Å². The van der Waals surface area contributed by atoms with Gasteiger partial charge in [-0.15, -0.1) is 0 Å². The van der Waals surface area contributed by atoms with Gasteiger partial charge in [0, 0.05) is 19.3 Å². The molecule has 1 aromatic rings. The third kappa shape index (κ3) is 2.56.